The molecule has 3 rings (SSSR count). The fourth-order valence-corrected chi connectivity index (χ4v) is 2.61. The van der Waals surface area contributed by atoms with Gasteiger partial charge in [0.25, 0.3) is 5.69 Å². The molecule has 0 aliphatic rings. The number of pyridine rings is 1. The number of benzene rings is 2. The molecule has 0 fully saturated rings. The molecule has 0 aliphatic heterocycles. The molecule has 1 N–H and O–H groups in total. The monoisotopic (exact) mass is 367 g/mol. The van der Waals surface area contributed by atoms with Crippen LogP contribution in [0.3, 0.4) is 0 Å². The average molecular weight is 368 g/mol. The number of carbonyl (C=O) groups is 1. The lowest BCUT2D eigenvalue weighted by atomic mass is 10.2. The van der Waals surface area contributed by atoms with Crippen LogP contribution >= 0.6 is 11.6 Å². The summed E-state index contributed by atoms with van der Waals surface area (Å²) >= 11 is 5.96. The first-order valence-corrected chi connectivity index (χ1v) is 8.15. The van der Waals surface area contributed by atoms with E-state index in [4.69, 9.17) is 11.6 Å². The van der Waals surface area contributed by atoms with Crippen molar-refractivity contribution >= 4 is 40.2 Å². The molecule has 0 saturated heterocycles. The van der Waals surface area contributed by atoms with E-state index in [-0.39, 0.29) is 18.1 Å². The highest BCUT2D eigenvalue weighted by molar-refractivity contribution is 6.31. The minimum absolute atomic E-state index is 0.0233. The van der Waals surface area contributed by atoms with Gasteiger partial charge in [-0.25, -0.2) is 4.98 Å². The van der Waals surface area contributed by atoms with Crippen molar-refractivity contribution in [1.82, 2.24) is 10.3 Å². The van der Waals surface area contributed by atoms with Crippen molar-refractivity contribution in [2.45, 2.75) is 6.54 Å². The standard InChI is InChI=1S/C19H14ClN3O3/c20-15-7-5-13-6-8-16(22-17(13)11-15)9-10-19(24)21-12-14-3-1-2-4-18(14)23(25)26/h1-11H,12H2,(H,21,24). The van der Waals surface area contributed by atoms with Gasteiger partial charge in [0.15, 0.2) is 0 Å². The molecular formula is C19H14ClN3O3. The second-order valence-corrected chi connectivity index (χ2v) is 5.95. The normalized spacial score (nSPS) is 11.0. The van der Waals surface area contributed by atoms with E-state index in [1.807, 2.05) is 12.1 Å². The maximum absolute atomic E-state index is 12.0. The summed E-state index contributed by atoms with van der Waals surface area (Å²) in [6.45, 7) is 0.0705. The number of halogens is 1. The van der Waals surface area contributed by atoms with E-state index in [2.05, 4.69) is 10.3 Å². The smallest absolute Gasteiger partial charge is 0.274 e. The molecule has 1 aromatic heterocycles. The van der Waals surface area contributed by atoms with Gasteiger partial charge in [-0.2, -0.15) is 0 Å². The zero-order valence-electron chi connectivity index (χ0n) is 13.6. The lowest BCUT2D eigenvalue weighted by Gasteiger charge is -2.03. The van der Waals surface area contributed by atoms with E-state index >= 15 is 0 Å². The highest BCUT2D eigenvalue weighted by Gasteiger charge is 2.12. The Balaban J connectivity index is 1.67. The number of para-hydroxylation sites is 1. The Morgan fingerprint density at radius 3 is 2.77 bits per heavy atom. The number of aromatic nitrogens is 1. The topological polar surface area (TPSA) is 85.1 Å². The molecule has 6 nitrogen and oxygen atoms in total. The van der Waals surface area contributed by atoms with E-state index in [1.165, 1.54) is 12.1 Å². The zero-order valence-corrected chi connectivity index (χ0v) is 14.3. The molecule has 0 atom stereocenters. The quantitative estimate of drug-likeness (QED) is 0.417. The Bertz CT molecular complexity index is 1020. The minimum atomic E-state index is -0.471. The second-order valence-electron chi connectivity index (χ2n) is 5.51. The summed E-state index contributed by atoms with van der Waals surface area (Å²) < 4.78 is 0. The number of hydrogen-bond acceptors (Lipinski definition) is 4. The number of fused-ring (bicyclic) bond motifs is 1. The third kappa shape index (κ3) is 4.23. The molecule has 0 unspecified atom stereocenters. The fourth-order valence-electron chi connectivity index (χ4n) is 2.44. The van der Waals surface area contributed by atoms with Gasteiger partial charge in [-0.1, -0.05) is 41.9 Å². The molecule has 0 saturated carbocycles. The summed E-state index contributed by atoms with van der Waals surface area (Å²) in [5, 5.41) is 15.1. The summed E-state index contributed by atoms with van der Waals surface area (Å²) in [6, 6.07) is 15.4. The van der Waals surface area contributed by atoms with Crippen LogP contribution in [0.4, 0.5) is 5.69 Å². The Morgan fingerprint density at radius 1 is 1.19 bits per heavy atom. The van der Waals surface area contributed by atoms with Crippen molar-refractivity contribution in [3.63, 3.8) is 0 Å². The predicted octanol–water partition coefficient (Wildman–Crippen LogP) is 4.13. The molecule has 1 heterocycles. The molecule has 0 radical (unpaired) electrons. The van der Waals surface area contributed by atoms with Crippen LogP contribution in [-0.4, -0.2) is 15.8 Å². The first kappa shape index (κ1) is 17.6. The molecule has 7 heteroatoms. The highest BCUT2D eigenvalue weighted by atomic mass is 35.5. The summed E-state index contributed by atoms with van der Waals surface area (Å²) in [4.78, 5) is 26.9. The average Bonchev–Trinajstić information content (AvgIpc) is 2.64. The van der Waals surface area contributed by atoms with Crippen LogP contribution in [0.15, 0.2) is 60.7 Å². The van der Waals surface area contributed by atoms with Gasteiger partial charge in [-0.3, -0.25) is 14.9 Å². The van der Waals surface area contributed by atoms with E-state index in [1.54, 1.807) is 42.5 Å². The number of nitrogens with zero attached hydrogens (tertiary/aromatic N) is 2. The maximum atomic E-state index is 12.0. The van der Waals surface area contributed by atoms with Gasteiger partial charge in [0.2, 0.25) is 5.91 Å². The number of carbonyl (C=O) groups excluding carboxylic acids is 1. The van der Waals surface area contributed by atoms with Crippen LogP contribution in [0, 0.1) is 10.1 Å². The van der Waals surface area contributed by atoms with Gasteiger partial charge in [0, 0.05) is 34.7 Å². The molecule has 0 spiro atoms. The van der Waals surface area contributed by atoms with Crippen LogP contribution in [0.5, 0.6) is 0 Å². The predicted molar refractivity (Wildman–Crippen MR) is 101 cm³/mol. The van der Waals surface area contributed by atoms with Gasteiger partial charge in [-0.15, -0.1) is 0 Å². The van der Waals surface area contributed by atoms with Gasteiger partial charge in [0.05, 0.1) is 16.1 Å². The van der Waals surface area contributed by atoms with Crippen molar-refractivity contribution in [3.8, 4) is 0 Å². The summed E-state index contributed by atoms with van der Waals surface area (Å²) in [7, 11) is 0. The van der Waals surface area contributed by atoms with Crippen molar-refractivity contribution in [3.05, 3.63) is 87.1 Å². The molecule has 130 valence electrons. The second kappa shape index (κ2) is 7.76. The largest absolute Gasteiger partial charge is 0.348 e. The van der Waals surface area contributed by atoms with Crippen LogP contribution < -0.4 is 5.32 Å². The minimum Gasteiger partial charge on any atom is -0.348 e. The first-order chi connectivity index (χ1) is 12.5. The number of nitro benzene ring substituents is 1. The van der Waals surface area contributed by atoms with Gasteiger partial charge >= 0.3 is 0 Å². The third-order valence-electron chi connectivity index (χ3n) is 3.72. The van der Waals surface area contributed by atoms with Crippen molar-refractivity contribution in [2.75, 3.05) is 0 Å². The Hall–Kier alpha value is -3.25. The summed E-state index contributed by atoms with van der Waals surface area (Å²) in [5.41, 5.74) is 1.77. The zero-order chi connectivity index (χ0) is 18.5. The third-order valence-corrected chi connectivity index (χ3v) is 3.96. The van der Waals surface area contributed by atoms with Gasteiger partial charge in [-0.05, 0) is 24.3 Å². The number of amides is 1. The Labute approximate surface area is 154 Å². The molecule has 2 aromatic carbocycles. The number of nitrogens with one attached hydrogen (secondary N) is 1. The van der Waals surface area contributed by atoms with E-state index in [9.17, 15) is 14.9 Å². The number of rotatable bonds is 5. The maximum Gasteiger partial charge on any atom is 0.274 e. The molecule has 1 amide bonds. The Morgan fingerprint density at radius 2 is 1.96 bits per heavy atom. The number of nitro groups is 1. The lowest BCUT2D eigenvalue weighted by Crippen LogP contribution is -2.20. The molecule has 3 aromatic rings. The van der Waals surface area contributed by atoms with Gasteiger partial charge < -0.3 is 5.32 Å². The van der Waals surface area contributed by atoms with Crippen molar-refractivity contribution in [1.29, 1.82) is 0 Å². The van der Waals surface area contributed by atoms with Crippen LogP contribution in [0.25, 0.3) is 17.0 Å². The number of hydrogen-bond donors (Lipinski definition) is 1. The molecule has 26 heavy (non-hydrogen) atoms. The lowest BCUT2D eigenvalue weighted by molar-refractivity contribution is -0.385. The highest BCUT2D eigenvalue weighted by Crippen LogP contribution is 2.19. The Kier molecular flexibility index (Phi) is 5.24. The van der Waals surface area contributed by atoms with Crippen LogP contribution in [0.1, 0.15) is 11.3 Å². The van der Waals surface area contributed by atoms with E-state index in [0.29, 0.717) is 16.3 Å². The summed E-state index contributed by atoms with van der Waals surface area (Å²) in [5.74, 6) is -0.365. The van der Waals surface area contributed by atoms with Crippen molar-refractivity contribution < 1.29 is 9.72 Å². The van der Waals surface area contributed by atoms with Crippen LogP contribution in [-0.2, 0) is 11.3 Å². The summed E-state index contributed by atoms with van der Waals surface area (Å²) in [6.07, 6.45) is 2.92. The van der Waals surface area contributed by atoms with Gasteiger partial charge in [0.1, 0.15) is 0 Å². The van der Waals surface area contributed by atoms with Crippen molar-refractivity contribution in [2.24, 2.45) is 0 Å². The fraction of sp³-hybridized carbons (Fsp3) is 0.0526. The van der Waals surface area contributed by atoms with E-state index in [0.717, 1.165) is 10.9 Å². The van der Waals surface area contributed by atoms with Crippen LogP contribution in [0.2, 0.25) is 5.02 Å². The van der Waals surface area contributed by atoms with E-state index < -0.39 is 4.92 Å². The molecule has 0 bridgehead atoms. The SMILES string of the molecule is O=C(C=Cc1ccc2ccc(Cl)cc2n1)NCc1ccccc1[N+](=O)[O-]. The molecule has 0 aliphatic carbocycles. The molecular weight excluding hydrogens is 354 g/mol. The first-order valence-electron chi connectivity index (χ1n) is 7.77.